The number of amides is 1. The number of thiophene rings is 1. The molecule has 0 atom stereocenters. The van der Waals surface area contributed by atoms with Gasteiger partial charge in [0.25, 0.3) is 0 Å². The minimum absolute atomic E-state index is 0.253. The summed E-state index contributed by atoms with van der Waals surface area (Å²) < 4.78 is 0. The number of rotatable bonds is 6. The van der Waals surface area contributed by atoms with Crippen LogP contribution in [0.1, 0.15) is 36.1 Å². The first-order valence-electron chi connectivity index (χ1n) is 7.36. The van der Waals surface area contributed by atoms with Gasteiger partial charge in [-0.3, -0.25) is 4.79 Å². The second-order valence-electron chi connectivity index (χ2n) is 5.70. The highest BCUT2D eigenvalue weighted by Crippen LogP contribution is 2.33. The lowest BCUT2D eigenvalue weighted by molar-refractivity contribution is -0.131. The minimum Gasteiger partial charge on any atom is -0.337 e. The van der Waals surface area contributed by atoms with Gasteiger partial charge in [-0.15, -0.1) is 11.3 Å². The van der Waals surface area contributed by atoms with E-state index >= 15 is 0 Å². The molecule has 19 heavy (non-hydrogen) atoms. The Kier molecular flexibility index (Phi) is 4.18. The Morgan fingerprint density at radius 3 is 3.21 bits per heavy atom. The third-order valence-corrected chi connectivity index (χ3v) is 5.12. The minimum atomic E-state index is 0.253. The van der Waals surface area contributed by atoms with Gasteiger partial charge in [0.1, 0.15) is 0 Å². The Labute approximate surface area is 119 Å². The summed E-state index contributed by atoms with van der Waals surface area (Å²) in [5.74, 6) is 1.25. The molecule has 3 nitrogen and oxygen atoms in total. The van der Waals surface area contributed by atoms with Gasteiger partial charge in [-0.2, -0.15) is 0 Å². The van der Waals surface area contributed by atoms with E-state index in [-0.39, 0.29) is 5.91 Å². The van der Waals surface area contributed by atoms with Crippen molar-refractivity contribution in [2.24, 2.45) is 5.92 Å². The summed E-state index contributed by atoms with van der Waals surface area (Å²) in [5, 5.41) is 5.43. The van der Waals surface area contributed by atoms with Crippen molar-refractivity contribution < 1.29 is 4.79 Å². The normalized spacial score (nSPS) is 18.4. The molecule has 1 saturated carbocycles. The second kappa shape index (κ2) is 6.06. The van der Waals surface area contributed by atoms with E-state index in [2.05, 4.69) is 16.8 Å². The molecule has 4 heteroatoms. The summed E-state index contributed by atoms with van der Waals surface area (Å²) in [4.78, 5) is 15.6. The van der Waals surface area contributed by atoms with Crippen LogP contribution in [-0.2, 0) is 17.8 Å². The molecule has 1 aliphatic heterocycles. The SMILES string of the molecule is O=C(CNCCCC1CC1)N1CCc2sccc2C1. The monoisotopic (exact) mass is 278 g/mol. The Morgan fingerprint density at radius 2 is 2.37 bits per heavy atom. The summed E-state index contributed by atoms with van der Waals surface area (Å²) in [5.41, 5.74) is 1.35. The van der Waals surface area contributed by atoms with Gasteiger partial charge in [-0.25, -0.2) is 0 Å². The maximum Gasteiger partial charge on any atom is 0.236 e. The molecule has 1 aromatic heterocycles. The first kappa shape index (κ1) is 13.1. The molecule has 1 amide bonds. The molecular formula is C15H22N2OS. The van der Waals surface area contributed by atoms with Crippen LogP contribution in [-0.4, -0.2) is 30.4 Å². The van der Waals surface area contributed by atoms with Crippen molar-refractivity contribution in [3.05, 3.63) is 21.9 Å². The average molecular weight is 278 g/mol. The predicted molar refractivity (Wildman–Crippen MR) is 78.3 cm³/mol. The molecule has 1 aliphatic carbocycles. The van der Waals surface area contributed by atoms with Crippen molar-refractivity contribution >= 4 is 17.2 Å². The van der Waals surface area contributed by atoms with Crippen molar-refractivity contribution in [1.29, 1.82) is 0 Å². The van der Waals surface area contributed by atoms with Crippen molar-refractivity contribution in [2.75, 3.05) is 19.6 Å². The molecular weight excluding hydrogens is 256 g/mol. The summed E-state index contributed by atoms with van der Waals surface area (Å²) in [6.45, 7) is 3.18. The van der Waals surface area contributed by atoms with Gasteiger partial charge in [-0.1, -0.05) is 12.8 Å². The maximum absolute atomic E-state index is 12.1. The van der Waals surface area contributed by atoms with Crippen molar-refractivity contribution in [3.63, 3.8) is 0 Å². The molecule has 0 spiro atoms. The van der Waals surface area contributed by atoms with Crippen LogP contribution in [0.4, 0.5) is 0 Å². The van der Waals surface area contributed by atoms with E-state index in [1.54, 1.807) is 0 Å². The zero-order valence-electron chi connectivity index (χ0n) is 11.4. The Bertz CT molecular complexity index is 439. The molecule has 1 fully saturated rings. The second-order valence-corrected chi connectivity index (χ2v) is 6.70. The highest BCUT2D eigenvalue weighted by Gasteiger charge is 2.21. The smallest absolute Gasteiger partial charge is 0.236 e. The van der Waals surface area contributed by atoms with Gasteiger partial charge >= 0.3 is 0 Å². The zero-order chi connectivity index (χ0) is 13.1. The molecule has 0 bridgehead atoms. The van der Waals surface area contributed by atoms with Gasteiger partial charge < -0.3 is 10.2 Å². The lowest BCUT2D eigenvalue weighted by Crippen LogP contribution is -2.41. The number of nitrogens with one attached hydrogen (secondary N) is 1. The lowest BCUT2D eigenvalue weighted by Gasteiger charge is -2.27. The summed E-state index contributed by atoms with van der Waals surface area (Å²) in [6, 6.07) is 2.16. The van der Waals surface area contributed by atoms with Crippen LogP contribution in [0.5, 0.6) is 0 Å². The number of hydrogen-bond donors (Lipinski definition) is 1. The largest absolute Gasteiger partial charge is 0.337 e. The third kappa shape index (κ3) is 3.57. The van der Waals surface area contributed by atoms with E-state index in [9.17, 15) is 4.79 Å². The third-order valence-electron chi connectivity index (χ3n) is 4.10. The van der Waals surface area contributed by atoms with Crippen LogP contribution in [0.3, 0.4) is 0 Å². The molecule has 1 N–H and O–H groups in total. The Hall–Kier alpha value is -0.870. The topological polar surface area (TPSA) is 32.3 Å². The molecule has 0 aromatic carbocycles. The lowest BCUT2D eigenvalue weighted by atomic mass is 10.1. The highest BCUT2D eigenvalue weighted by atomic mass is 32.1. The number of nitrogens with zero attached hydrogens (tertiary/aromatic N) is 1. The number of hydrogen-bond acceptors (Lipinski definition) is 3. The fraction of sp³-hybridized carbons (Fsp3) is 0.667. The maximum atomic E-state index is 12.1. The molecule has 2 aliphatic rings. The number of carbonyl (C=O) groups excluding carboxylic acids is 1. The van der Waals surface area contributed by atoms with E-state index in [1.807, 2.05) is 16.2 Å². The van der Waals surface area contributed by atoms with E-state index in [0.717, 1.165) is 32.0 Å². The quantitative estimate of drug-likeness (QED) is 0.811. The fourth-order valence-corrected chi connectivity index (χ4v) is 3.58. The van der Waals surface area contributed by atoms with Crippen molar-refractivity contribution in [3.8, 4) is 0 Å². The van der Waals surface area contributed by atoms with E-state index in [4.69, 9.17) is 0 Å². The van der Waals surface area contributed by atoms with Gasteiger partial charge in [-0.05, 0) is 48.7 Å². The summed E-state index contributed by atoms with van der Waals surface area (Å²) in [7, 11) is 0. The fourth-order valence-electron chi connectivity index (χ4n) is 2.69. The van der Waals surface area contributed by atoms with Crippen molar-refractivity contribution in [2.45, 2.75) is 38.6 Å². The van der Waals surface area contributed by atoms with Crippen LogP contribution in [0.15, 0.2) is 11.4 Å². The first-order valence-corrected chi connectivity index (χ1v) is 8.24. The predicted octanol–water partition coefficient (Wildman–Crippen LogP) is 2.41. The van der Waals surface area contributed by atoms with Crippen LogP contribution < -0.4 is 5.32 Å². The molecule has 0 saturated heterocycles. The van der Waals surface area contributed by atoms with Gasteiger partial charge in [0.15, 0.2) is 0 Å². The number of carbonyl (C=O) groups is 1. The van der Waals surface area contributed by atoms with E-state index < -0.39 is 0 Å². The van der Waals surface area contributed by atoms with Gasteiger partial charge in [0, 0.05) is 18.0 Å². The molecule has 0 radical (unpaired) electrons. The van der Waals surface area contributed by atoms with E-state index in [0.29, 0.717) is 6.54 Å². The van der Waals surface area contributed by atoms with Crippen molar-refractivity contribution in [1.82, 2.24) is 10.2 Å². The standard InChI is InChI=1S/C15H22N2OS/c18-15(10-16-7-1-2-12-3-4-12)17-8-5-14-13(11-17)6-9-19-14/h6,9,12,16H,1-5,7-8,10-11H2. The summed E-state index contributed by atoms with van der Waals surface area (Å²) in [6.07, 6.45) is 6.43. The van der Waals surface area contributed by atoms with Crippen LogP contribution in [0, 0.1) is 5.92 Å². The molecule has 104 valence electrons. The highest BCUT2D eigenvalue weighted by molar-refractivity contribution is 7.10. The Balaban J connectivity index is 1.36. The first-order chi connectivity index (χ1) is 9.33. The van der Waals surface area contributed by atoms with Crippen LogP contribution in [0.25, 0.3) is 0 Å². The van der Waals surface area contributed by atoms with E-state index in [1.165, 1.54) is 36.1 Å². The van der Waals surface area contributed by atoms with Gasteiger partial charge in [0.2, 0.25) is 5.91 Å². The summed E-state index contributed by atoms with van der Waals surface area (Å²) >= 11 is 1.82. The zero-order valence-corrected chi connectivity index (χ0v) is 12.2. The number of fused-ring (bicyclic) bond motifs is 1. The molecule has 3 rings (SSSR count). The molecule has 0 unspecified atom stereocenters. The Morgan fingerprint density at radius 1 is 1.47 bits per heavy atom. The van der Waals surface area contributed by atoms with Crippen LogP contribution >= 0.6 is 11.3 Å². The molecule has 2 heterocycles. The molecule has 1 aromatic rings. The van der Waals surface area contributed by atoms with Crippen LogP contribution in [0.2, 0.25) is 0 Å². The average Bonchev–Trinajstić information content (AvgIpc) is 3.13. The van der Waals surface area contributed by atoms with Gasteiger partial charge in [0.05, 0.1) is 6.54 Å².